The van der Waals surface area contributed by atoms with E-state index in [0.29, 0.717) is 0 Å². The monoisotopic (exact) mass is 240 g/mol. The zero-order valence-electron chi connectivity index (χ0n) is 10.8. The summed E-state index contributed by atoms with van der Waals surface area (Å²) in [7, 11) is 2.12. The van der Waals surface area contributed by atoms with Gasteiger partial charge >= 0.3 is 0 Å². The highest BCUT2D eigenvalue weighted by Crippen LogP contribution is 2.10. The normalized spacial score (nSPS) is 13.9. The SMILES string of the molecule is CN(CCNC1=CCC=CC=C1)c1ccccc1. The number of hydrogen-bond donors (Lipinski definition) is 1. The topological polar surface area (TPSA) is 15.3 Å². The lowest BCUT2D eigenvalue weighted by atomic mass is 10.3. The van der Waals surface area contributed by atoms with Gasteiger partial charge in [0.25, 0.3) is 0 Å². The Morgan fingerprint density at radius 3 is 2.83 bits per heavy atom. The van der Waals surface area contributed by atoms with Crippen LogP contribution >= 0.6 is 0 Å². The Labute approximate surface area is 109 Å². The molecule has 2 nitrogen and oxygen atoms in total. The van der Waals surface area contributed by atoms with Gasteiger partial charge in [-0.15, -0.1) is 0 Å². The van der Waals surface area contributed by atoms with Crippen molar-refractivity contribution in [3.63, 3.8) is 0 Å². The molecule has 18 heavy (non-hydrogen) atoms. The van der Waals surface area contributed by atoms with Gasteiger partial charge in [0.15, 0.2) is 0 Å². The Kier molecular flexibility index (Phi) is 4.65. The van der Waals surface area contributed by atoms with E-state index >= 15 is 0 Å². The minimum atomic E-state index is 0.946. The predicted molar refractivity (Wildman–Crippen MR) is 78.7 cm³/mol. The number of nitrogens with zero attached hydrogens (tertiary/aromatic N) is 1. The zero-order valence-corrected chi connectivity index (χ0v) is 10.8. The van der Waals surface area contributed by atoms with Crippen molar-refractivity contribution in [3.8, 4) is 0 Å². The van der Waals surface area contributed by atoms with Crippen LogP contribution in [0.3, 0.4) is 0 Å². The van der Waals surface area contributed by atoms with Crippen LogP contribution in [-0.2, 0) is 0 Å². The van der Waals surface area contributed by atoms with Crippen molar-refractivity contribution in [3.05, 3.63) is 66.4 Å². The third-order valence-corrected chi connectivity index (χ3v) is 2.97. The summed E-state index contributed by atoms with van der Waals surface area (Å²) in [6.45, 7) is 1.93. The highest BCUT2D eigenvalue weighted by Gasteiger charge is 1.99. The van der Waals surface area contributed by atoms with Crippen molar-refractivity contribution >= 4 is 5.69 Å². The summed E-state index contributed by atoms with van der Waals surface area (Å²) in [5.41, 5.74) is 2.47. The van der Waals surface area contributed by atoms with Crippen molar-refractivity contribution in [1.82, 2.24) is 5.32 Å². The van der Waals surface area contributed by atoms with Crippen LogP contribution < -0.4 is 10.2 Å². The van der Waals surface area contributed by atoms with E-state index in [1.807, 2.05) is 6.07 Å². The van der Waals surface area contributed by atoms with Crippen LogP contribution in [0, 0.1) is 0 Å². The summed E-state index contributed by atoms with van der Waals surface area (Å²) in [6, 6.07) is 10.5. The molecule has 0 heterocycles. The van der Waals surface area contributed by atoms with Crippen LogP contribution in [0.4, 0.5) is 5.69 Å². The Morgan fingerprint density at radius 1 is 1.17 bits per heavy atom. The van der Waals surface area contributed by atoms with Gasteiger partial charge in [-0.1, -0.05) is 42.5 Å². The first kappa shape index (κ1) is 12.5. The summed E-state index contributed by atoms with van der Waals surface area (Å²) in [4.78, 5) is 2.26. The molecule has 0 bridgehead atoms. The van der Waals surface area contributed by atoms with E-state index in [4.69, 9.17) is 0 Å². The first-order valence-corrected chi connectivity index (χ1v) is 6.40. The van der Waals surface area contributed by atoms with Gasteiger partial charge in [0.2, 0.25) is 0 Å². The van der Waals surface area contributed by atoms with Crippen LogP contribution in [0.2, 0.25) is 0 Å². The number of para-hydroxylation sites is 1. The first-order chi connectivity index (χ1) is 8.86. The van der Waals surface area contributed by atoms with Crippen LogP contribution in [-0.4, -0.2) is 20.1 Å². The molecule has 0 saturated heterocycles. The van der Waals surface area contributed by atoms with Crippen molar-refractivity contribution < 1.29 is 0 Å². The lowest BCUT2D eigenvalue weighted by Crippen LogP contribution is -2.28. The van der Waals surface area contributed by atoms with E-state index in [1.54, 1.807) is 0 Å². The van der Waals surface area contributed by atoms with Crippen molar-refractivity contribution in [2.75, 3.05) is 25.0 Å². The molecule has 0 unspecified atom stereocenters. The number of rotatable bonds is 5. The van der Waals surface area contributed by atoms with E-state index in [0.717, 1.165) is 19.5 Å². The van der Waals surface area contributed by atoms with E-state index in [9.17, 15) is 0 Å². The van der Waals surface area contributed by atoms with Crippen molar-refractivity contribution in [2.45, 2.75) is 6.42 Å². The molecule has 0 saturated carbocycles. The molecule has 1 aromatic rings. The minimum Gasteiger partial charge on any atom is -0.384 e. The third-order valence-electron chi connectivity index (χ3n) is 2.97. The van der Waals surface area contributed by atoms with Gasteiger partial charge < -0.3 is 10.2 Å². The number of allylic oxidation sites excluding steroid dienone is 5. The van der Waals surface area contributed by atoms with Gasteiger partial charge in [0.05, 0.1) is 0 Å². The molecule has 0 fully saturated rings. The molecular weight excluding hydrogens is 220 g/mol. The smallest absolute Gasteiger partial charge is 0.0364 e. The van der Waals surface area contributed by atoms with E-state index in [1.165, 1.54) is 11.4 Å². The highest BCUT2D eigenvalue weighted by atomic mass is 15.1. The van der Waals surface area contributed by atoms with E-state index in [-0.39, 0.29) is 0 Å². The van der Waals surface area contributed by atoms with E-state index < -0.39 is 0 Å². The quantitative estimate of drug-likeness (QED) is 0.850. The fraction of sp³-hybridized carbons (Fsp3) is 0.250. The second kappa shape index (κ2) is 6.70. The van der Waals surface area contributed by atoms with Gasteiger partial charge in [-0.25, -0.2) is 0 Å². The van der Waals surface area contributed by atoms with Crippen molar-refractivity contribution in [2.24, 2.45) is 0 Å². The molecule has 0 atom stereocenters. The number of nitrogens with one attached hydrogen (secondary N) is 1. The zero-order chi connectivity index (χ0) is 12.6. The summed E-state index contributed by atoms with van der Waals surface area (Å²) >= 11 is 0. The second-order valence-corrected chi connectivity index (χ2v) is 4.37. The maximum absolute atomic E-state index is 3.45. The average Bonchev–Trinajstić information content (AvgIpc) is 2.68. The van der Waals surface area contributed by atoms with Gasteiger partial charge in [-0.2, -0.15) is 0 Å². The maximum Gasteiger partial charge on any atom is 0.0364 e. The Balaban J connectivity index is 1.77. The molecule has 2 heteroatoms. The molecule has 0 aromatic heterocycles. The number of benzene rings is 1. The van der Waals surface area contributed by atoms with Gasteiger partial charge in [0, 0.05) is 31.5 Å². The van der Waals surface area contributed by atoms with Gasteiger partial charge in [-0.05, 0) is 24.6 Å². The number of hydrogen-bond acceptors (Lipinski definition) is 2. The molecular formula is C16H20N2. The van der Waals surface area contributed by atoms with E-state index in [2.05, 4.69) is 71.9 Å². The minimum absolute atomic E-state index is 0.946. The lowest BCUT2D eigenvalue weighted by molar-refractivity contribution is 0.776. The molecule has 1 aliphatic carbocycles. The second-order valence-electron chi connectivity index (χ2n) is 4.37. The summed E-state index contributed by atoms with van der Waals surface area (Å²) in [6.07, 6.45) is 11.6. The van der Waals surface area contributed by atoms with Gasteiger partial charge in [0.1, 0.15) is 0 Å². The van der Waals surface area contributed by atoms with Crippen LogP contribution in [0.15, 0.2) is 66.4 Å². The lowest BCUT2D eigenvalue weighted by Gasteiger charge is -2.19. The maximum atomic E-state index is 3.45. The molecule has 1 N–H and O–H groups in total. The summed E-state index contributed by atoms with van der Waals surface area (Å²) < 4.78 is 0. The summed E-state index contributed by atoms with van der Waals surface area (Å²) in [5.74, 6) is 0. The molecule has 1 aliphatic rings. The number of likely N-dealkylation sites (N-methyl/N-ethyl adjacent to an activating group) is 1. The van der Waals surface area contributed by atoms with Crippen LogP contribution in [0.25, 0.3) is 0 Å². The number of anilines is 1. The van der Waals surface area contributed by atoms with Gasteiger partial charge in [-0.3, -0.25) is 0 Å². The molecule has 0 aliphatic heterocycles. The molecule has 1 aromatic carbocycles. The van der Waals surface area contributed by atoms with Crippen molar-refractivity contribution in [1.29, 1.82) is 0 Å². The fourth-order valence-electron chi connectivity index (χ4n) is 1.89. The summed E-state index contributed by atoms with van der Waals surface area (Å²) in [5, 5.41) is 3.45. The Morgan fingerprint density at radius 2 is 2.00 bits per heavy atom. The van der Waals surface area contributed by atoms with Crippen LogP contribution in [0.5, 0.6) is 0 Å². The third kappa shape index (κ3) is 3.81. The molecule has 0 radical (unpaired) electrons. The standard InChI is InChI=1S/C16H20N2/c1-18(16-11-7-4-8-12-16)14-13-17-15-9-5-2-3-6-10-15/h2-5,7-12,17H,6,13-14H2,1H3. The Bertz CT molecular complexity index is 443. The van der Waals surface area contributed by atoms with Crippen LogP contribution in [0.1, 0.15) is 6.42 Å². The average molecular weight is 240 g/mol. The highest BCUT2D eigenvalue weighted by molar-refractivity contribution is 5.44. The molecule has 2 rings (SSSR count). The largest absolute Gasteiger partial charge is 0.384 e. The molecule has 0 spiro atoms. The first-order valence-electron chi connectivity index (χ1n) is 6.40. The molecule has 0 amide bonds. The fourth-order valence-corrected chi connectivity index (χ4v) is 1.89. The Hall–Kier alpha value is -1.96. The predicted octanol–water partition coefficient (Wildman–Crippen LogP) is 3.11. The molecule has 94 valence electrons.